The van der Waals surface area contributed by atoms with E-state index in [9.17, 15) is 0 Å². The van der Waals surface area contributed by atoms with Crippen LogP contribution in [0.1, 0.15) is 5.56 Å². The molecule has 1 aromatic carbocycles. The number of rotatable bonds is 7. The number of hydrogen-bond donors (Lipinski definition) is 0. The van der Waals surface area contributed by atoms with E-state index < -0.39 is 0 Å². The van der Waals surface area contributed by atoms with Crippen LogP contribution >= 0.6 is 15.9 Å². The van der Waals surface area contributed by atoms with Gasteiger partial charge in [-0.15, -0.1) is 0 Å². The Kier molecular flexibility index (Phi) is 5.08. The van der Waals surface area contributed by atoms with Gasteiger partial charge in [-0.2, -0.15) is 0 Å². The zero-order valence-corrected chi connectivity index (χ0v) is 13.8. The van der Waals surface area contributed by atoms with Crippen molar-refractivity contribution < 1.29 is 14.2 Å². The van der Waals surface area contributed by atoms with E-state index in [1.54, 1.807) is 6.20 Å². The Hall–Kier alpha value is -1.43. The molecule has 2 aromatic rings. The van der Waals surface area contributed by atoms with E-state index in [2.05, 4.69) is 33.0 Å². The smallest absolute Gasteiger partial charge is 0.227 e. The standard InChI is InChI=1S/C17H18BrNO3/c18-15-7-4-8-19-16(15)22-13-17(11-21-12-17)10-20-9-14-5-2-1-3-6-14/h1-8H,9-13H2. The Bertz CT molecular complexity index is 602. The fourth-order valence-corrected chi connectivity index (χ4v) is 2.63. The molecule has 1 fully saturated rings. The fourth-order valence-electron chi connectivity index (χ4n) is 2.26. The van der Waals surface area contributed by atoms with E-state index in [0.29, 0.717) is 38.9 Å². The lowest BCUT2D eigenvalue weighted by Gasteiger charge is -2.40. The summed E-state index contributed by atoms with van der Waals surface area (Å²) in [7, 11) is 0. The molecule has 0 radical (unpaired) electrons. The van der Waals surface area contributed by atoms with Gasteiger partial charge < -0.3 is 14.2 Å². The lowest BCUT2D eigenvalue weighted by Crippen LogP contribution is -2.50. The summed E-state index contributed by atoms with van der Waals surface area (Å²) in [5, 5.41) is 0. The third-order valence-electron chi connectivity index (χ3n) is 3.58. The van der Waals surface area contributed by atoms with Gasteiger partial charge in [0.05, 0.1) is 36.3 Å². The van der Waals surface area contributed by atoms with Crippen molar-refractivity contribution in [3.63, 3.8) is 0 Å². The minimum absolute atomic E-state index is 0.0776. The Labute approximate surface area is 138 Å². The third-order valence-corrected chi connectivity index (χ3v) is 4.18. The first-order chi connectivity index (χ1) is 10.8. The Morgan fingerprint density at radius 2 is 1.91 bits per heavy atom. The van der Waals surface area contributed by atoms with Gasteiger partial charge in [0.2, 0.25) is 5.88 Å². The van der Waals surface area contributed by atoms with Crippen LogP contribution in [0.2, 0.25) is 0 Å². The van der Waals surface area contributed by atoms with E-state index in [4.69, 9.17) is 14.2 Å². The first kappa shape index (κ1) is 15.5. The summed E-state index contributed by atoms with van der Waals surface area (Å²) in [5.41, 5.74) is 1.09. The van der Waals surface area contributed by atoms with Gasteiger partial charge in [0.25, 0.3) is 0 Å². The van der Waals surface area contributed by atoms with Crippen LogP contribution < -0.4 is 4.74 Å². The largest absolute Gasteiger partial charge is 0.476 e. The summed E-state index contributed by atoms with van der Waals surface area (Å²) < 4.78 is 17.9. The number of pyridine rings is 1. The molecule has 3 rings (SSSR count). The van der Waals surface area contributed by atoms with E-state index in [0.717, 1.165) is 4.47 Å². The number of ether oxygens (including phenoxy) is 3. The van der Waals surface area contributed by atoms with Crippen LogP contribution in [0.4, 0.5) is 0 Å². The lowest BCUT2D eigenvalue weighted by atomic mass is 9.88. The van der Waals surface area contributed by atoms with Crippen molar-refractivity contribution in [3.05, 3.63) is 58.7 Å². The molecule has 116 valence electrons. The molecule has 0 atom stereocenters. The highest BCUT2D eigenvalue weighted by atomic mass is 79.9. The lowest BCUT2D eigenvalue weighted by molar-refractivity contribution is -0.166. The van der Waals surface area contributed by atoms with Gasteiger partial charge in [0.15, 0.2) is 0 Å². The summed E-state index contributed by atoms with van der Waals surface area (Å²) in [6.45, 7) is 3.08. The highest BCUT2D eigenvalue weighted by molar-refractivity contribution is 9.10. The predicted molar refractivity (Wildman–Crippen MR) is 86.8 cm³/mol. The van der Waals surface area contributed by atoms with Gasteiger partial charge in [-0.05, 0) is 33.6 Å². The summed E-state index contributed by atoms with van der Waals surface area (Å²) in [6.07, 6.45) is 1.72. The molecule has 0 spiro atoms. The molecule has 1 aromatic heterocycles. The molecular formula is C17H18BrNO3. The molecule has 1 aliphatic rings. The van der Waals surface area contributed by atoms with Crippen LogP contribution in [0.5, 0.6) is 5.88 Å². The maximum Gasteiger partial charge on any atom is 0.227 e. The molecular weight excluding hydrogens is 346 g/mol. The van der Waals surface area contributed by atoms with Gasteiger partial charge in [-0.1, -0.05) is 30.3 Å². The molecule has 0 unspecified atom stereocenters. The number of halogens is 1. The molecule has 22 heavy (non-hydrogen) atoms. The molecule has 1 saturated heterocycles. The second-order valence-corrected chi connectivity index (χ2v) is 6.40. The topological polar surface area (TPSA) is 40.6 Å². The van der Waals surface area contributed by atoms with E-state index in [1.165, 1.54) is 5.56 Å². The SMILES string of the molecule is Brc1cccnc1OCC1(COCc2ccccc2)COC1. The minimum atomic E-state index is -0.0776. The maximum absolute atomic E-state index is 5.85. The van der Waals surface area contributed by atoms with Crippen LogP contribution in [0.3, 0.4) is 0 Å². The number of hydrogen-bond acceptors (Lipinski definition) is 4. The highest BCUT2D eigenvalue weighted by Gasteiger charge is 2.40. The molecule has 1 aliphatic heterocycles. The number of aromatic nitrogens is 1. The van der Waals surface area contributed by atoms with Crippen LogP contribution in [0, 0.1) is 5.41 Å². The molecule has 5 heteroatoms. The monoisotopic (exact) mass is 363 g/mol. The van der Waals surface area contributed by atoms with Gasteiger partial charge in [0, 0.05) is 6.20 Å². The first-order valence-corrected chi connectivity index (χ1v) is 8.00. The summed E-state index contributed by atoms with van der Waals surface area (Å²) in [6, 6.07) is 13.9. The molecule has 0 amide bonds. The van der Waals surface area contributed by atoms with Crippen molar-refractivity contribution in [2.24, 2.45) is 5.41 Å². The first-order valence-electron chi connectivity index (χ1n) is 7.20. The zero-order valence-electron chi connectivity index (χ0n) is 12.2. The van der Waals surface area contributed by atoms with Crippen LogP contribution in [0.25, 0.3) is 0 Å². The average molecular weight is 364 g/mol. The van der Waals surface area contributed by atoms with Crippen LogP contribution in [-0.2, 0) is 16.1 Å². The summed E-state index contributed by atoms with van der Waals surface area (Å²) in [5.74, 6) is 0.608. The van der Waals surface area contributed by atoms with E-state index >= 15 is 0 Å². The second kappa shape index (κ2) is 7.22. The van der Waals surface area contributed by atoms with Crippen molar-refractivity contribution >= 4 is 15.9 Å². The van der Waals surface area contributed by atoms with Gasteiger partial charge in [-0.3, -0.25) is 0 Å². The molecule has 4 nitrogen and oxygen atoms in total. The average Bonchev–Trinajstić information content (AvgIpc) is 2.51. The van der Waals surface area contributed by atoms with Crippen molar-refractivity contribution in [1.29, 1.82) is 0 Å². The molecule has 0 aliphatic carbocycles. The molecule has 0 bridgehead atoms. The number of nitrogens with zero attached hydrogens (tertiary/aromatic N) is 1. The van der Waals surface area contributed by atoms with E-state index in [1.807, 2.05) is 30.3 Å². The van der Waals surface area contributed by atoms with Gasteiger partial charge >= 0.3 is 0 Å². The minimum Gasteiger partial charge on any atom is -0.476 e. The molecule has 0 N–H and O–H groups in total. The summed E-state index contributed by atoms with van der Waals surface area (Å²) >= 11 is 3.44. The number of benzene rings is 1. The van der Waals surface area contributed by atoms with Crippen molar-refractivity contribution in [1.82, 2.24) is 4.98 Å². The quantitative estimate of drug-likeness (QED) is 0.755. The summed E-state index contributed by atoms with van der Waals surface area (Å²) in [4.78, 5) is 4.22. The Morgan fingerprint density at radius 1 is 1.09 bits per heavy atom. The molecule has 2 heterocycles. The van der Waals surface area contributed by atoms with Crippen molar-refractivity contribution in [2.75, 3.05) is 26.4 Å². The zero-order chi connectivity index (χ0) is 15.3. The van der Waals surface area contributed by atoms with Gasteiger partial charge in [-0.25, -0.2) is 4.98 Å². The second-order valence-electron chi connectivity index (χ2n) is 5.55. The predicted octanol–water partition coefficient (Wildman–Crippen LogP) is 3.46. The van der Waals surface area contributed by atoms with E-state index in [-0.39, 0.29) is 5.41 Å². The van der Waals surface area contributed by atoms with Crippen LogP contribution in [-0.4, -0.2) is 31.4 Å². The van der Waals surface area contributed by atoms with Crippen LogP contribution in [0.15, 0.2) is 53.1 Å². The fraction of sp³-hybridized carbons (Fsp3) is 0.353. The highest BCUT2D eigenvalue weighted by Crippen LogP contribution is 2.30. The maximum atomic E-state index is 5.85. The van der Waals surface area contributed by atoms with Crippen molar-refractivity contribution in [3.8, 4) is 5.88 Å². The van der Waals surface area contributed by atoms with Crippen molar-refractivity contribution in [2.45, 2.75) is 6.61 Å². The Balaban J connectivity index is 1.51. The normalized spacial score (nSPS) is 16.0. The third kappa shape index (κ3) is 3.85. The Morgan fingerprint density at radius 3 is 2.59 bits per heavy atom. The van der Waals surface area contributed by atoms with Gasteiger partial charge in [0.1, 0.15) is 6.61 Å². The molecule has 0 saturated carbocycles.